The normalized spacial score (nSPS) is 27.9. The molecule has 5 nitrogen and oxygen atoms in total. The van der Waals surface area contributed by atoms with Crippen LogP contribution < -0.4 is 10.1 Å². The molecular formula is C28H26N2O3. The second-order valence-corrected chi connectivity index (χ2v) is 9.18. The molecular weight excluding hydrogens is 412 g/mol. The first kappa shape index (κ1) is 20.2. The molecule has 0 bridgehead atoms. The zero-order valence-corrected chi connectivity index (χ0v) is 18.5. The molecule has 3 aromatic carbocycles. The Morgan fingerprint density at radius 2 is 1.76 bits per heavy atom. The van der Waals surface area contributed by atoms with E-state index in [0.717, 1.165) is 36.2 Å². The maximum absolute atomic E-state index is 14.3. The maximum atomic E-state index is 14.3. The molecule has 3 heterocycles. The Balaban J connectivity index is 1.63. The Hall–Kier alpha value is -3.44. The minimum absolute atomic E-state index is 0.0182. The van der Waals surface area contributed by atoms with Gasteiger partial charge in [-0.25, -0.2) is 0 Å². The molecule has 1 spiro atoms. The van der Waals surface area contributed by atoms with Crippen LogP contribution in [0, 0.1) is 5.92 Å². The molecule has 3 aliphatic heterocycles. The van der Waals surface area contributed by atoms with E-state index < -0.39 is 11.5 Å². The standard InChI is InChI=1S/C28H26N2O3/c1-33-20-14-15-22-21(17-20)28(27(32)29-22)25(26(31)19-11-6-3-7-12-19)24(18-9-4-2-5-10-18)23-13-8-16-30(23)28/h2-7,9-12,14-15,17,23-25H,8,13,16H2,1H3,(H,29,32)/t23-,24-,25+,28-/m1/s1. The maximum Gasteiger partial charge on any atom is 0.250 e. The number of anilines is 1. The number of benzene rings is 3. The molecule has 3 aliphatic rings. The second-order valence-electron chi connectivity index (χ2n) is 9.18. The lowest BCUT2D eigenvalue weighted by Gasteiger charge is -2.37. The molecule has 2 fully saturated rings. The van der Waals surface area contributed by atoms with Crippen LogP contribution >= 0.6 is 0 Å². The first-order chi connectivity index (χ1) is 16.2. The average Bonchev–Trinajstić information content (AvgIpc) is 3.52. The summed E-state index contributed by atoms with van der Waals surface area (Å²) in [6.45, 7) is 0.788. The number of fused-ring (bicyclic) bond motifs is 4. The third-order valence-electron chi connectivity index (χ3n) is 7.73. The number of nitrogens with zero attached hydrogens (tertiary/aromatic N) is 1. The van der Waals surface area contributed by atoms with Gasteiger partial charge in [-0.1, -0.05) is 60.7 Å². The predicted molar refractivity (Wildman–Crippen MR) is 126 cm³/mol. The molecule has 4 atom stereocenters. The number of hydrogen-bond donors (Lipinski definition) is 1. The number of carbonyl (C=O) groups excluding carboxylic acids is 2. The highest BCUT2D eigenvalue weighted by Gasteiger charge is 2.69. The van der Waals surface area contributed by atoms with Crippen LogP contribution in [0.5, 0.6) is 5.75 Å². The van der Waals surface area contributed by atoms with Gasteiger partial charge < -0.3 is 10.1 Å². The van der Waals surface area contributed by atoms with E-state index in [1.54, 1.807) is 7.11 Å². The topological polar surface area (TPSA) is 58.6 Å². The van der Waals surface area contributed by atoms with E-state index in [9.17, 15) is 9.59 Å². The number of rotatable bonds is 4. The summed E-state index contributed by atoms with van der Waals surface area (Å²) in [5, 5.41) is 3.11. The third kappa shape index (κ3) is 2.75. The van der Waals surface area contributed by atoms with Crippen molar-refractivity contribution in [1.82, 2.24) is 4.90 Å². The lowest BCUT2D eigenvalue weighted by molar-refractivity contribution is -0.127. The monoisotopic (exact) mass is 438 g/mol. The van der Waals surface area contributed by atoms with Crippen molar-refractivity contribution in [3.8, 4) is 5.75 Å². The summed E-state index contributed by atoms with van der Waals surface area (Å²) >= 11 is 0. The van der Waals surface area contributed by atoms with Crippen molar-refractivity contribution in [3.63, 3.8) is 0 Å². The summed E-state index contributed by atoms with van der Waals surface area (Å²) in [6.07, 6.45) is 1.97. The van der Waals surface area contributed by atoms with Crippen LogP contribution in [-0.2, 0) is 10.3 Å². The number of Topliss-reactive ketones (excluding diaryl/α,β-unsaturated/α-hetero) is 1. The number of hydrogen-bond acceptors (Lipinski definition) is 4. The molecule has 3 aromatic rings. The summed E-state index contributed by atoms with van der Waals surface area (Å²) in [5.41, 5.74) is 2.33. The molecule has 2 saturated heterocycles. The van der Waals surface area contributed by atoms with Crippen molar-refractivity contribution in [2.45, 2.75) is 30.3 Å². The zero-order valence-electron chi connectivity index (χ0n) is 18.5. The first-order valence-electron chi connectivity index (χ1n) is 11.6. The molecule has 0 aliphatic carbocycles. The van der Waals surface area contributed by atoms with Crippen molar-refractivity contribution in [1.29, 1.82) is 0 Å². The zero-order chi connectivity index (χ0) is 22.6. The van der Waals surface area contributed by atoms with Crippen molar-refractivity contribution in [3.05, 3.63) is 95.6 Å². The highest BCUT2D eigenvalue weighted by Crippen LogP contribution is 2.61. The summed E-state index contributed by atoms with van der Waals surface area (Å²) in [7, 11) is 1.63. The van der Waals surface area contributed by atoms with Gasteiger partial charge in [0.1, 0.15) is 11.3 Å². The fraction of sp³-hybridized carbons (Fsp3) is 0.286. The lowest BCUT2D eigenvalue weighted by Crippen LogP contribution is -2.52. The second kappa shape index (κ2) is 7.56. The van der Waals surface area contributed by atoms with E-state index in [4.69, 9.17) is 4.74 Å². The summed E-state index contributed by atoms with van der Waals surface area (Å²) in [5.74, 6) is -0.0188. The van der Waals surface area contributed by atoms with Crippen molar-refractivity contribution >= 4 is 17.4 Å². The number of methoxy groups -OCH3 is 1. The van der Waals surface area contributed by atoms with Crippen LogP contribution in [0.4, 0.5) is 5.69 Å². The fourth-order valence-electron chi connectivity index (χ4n) is 6.50. The molecule has 0 radical (unpaired) electrons. The van der Waals surface area contributed by atoms with E-state index >= 15 is 0 Å². The van der Waals surface area contributed by atoms with Gasteiger partial charge in [-0.2, -0.15) is 0 Å². The number of ketones is 1. The van der Waals surface area contributed by atoms with Gasteiger partial charge in [0, 0.05) is 28.8 Å². The average molecular weight is 439 g/mol. The molecule has 6 rings (SSSR count). The first-order valence-corrected chi connectivity index (χ1v) is 11.6. The van der Waals surface area contributed by atoms with Gasteiger partial charge >= 0.3 is 0 Å². The Morgan fingerprint density at radius 3 is 2.48 bits per heavy atom. The van der Waals surface area contributed by atoms with E-state index in [1.165, 1.54) is 0 Å². The summed E-state index contributed by atoms with van der Waals surface area (Å²) < 4.78 is 5.54. The molecule has 5 heteroatoms. The van der Waals surface area contributed by atoms with E-state index in [-0.39, 0.29) is 23.7 Å². The molecule has 1 N–H and O–H groups in total. The Labute approximate surface area is 193 Å². The highest BCUT2D eigenvalue weighted by molar-refractivity contribution is 6.12. The van der Waals surface area contributed by atoms with Crippen molar-refractivity contribution in [2.75, 3.05) is 19.0 Å². The van der Waals surface area contributed by atoms with Gasteiger partial charge in [0.05, 0.1) is 13.0 Å². The van der Waals surface area contributed by atoms with Crippen LogP contribution in [-0.4, -0.2) is 36.3 Å². The molecule has 0 unspecified atom stereocenters. The molecule has 0 aromatic heterocycles. The quantitative estimate of drug-likeness (QED) is 0.605. The Kier molecular flexibility index (Phi) is 4.63. The molecule has 33 heavy (non-hydrogen) atoms. The minimum Gasteiger partial charge on any atom is -0.497 e. The summed E-state index contributed by atoms with van der Waals surface area (Å²) in [6, 6.07) is 25.5. The molecule has 166 valence electrons. The minimum atomic E-state index is -1.06. The largest absolute Gasteiger partial charge is 0.497 e. The predicted octanol–water partition coefficient (Wildman–Crippen LogP) is 4.60. The Bertz CT molecular complexity index is 1230. The molecule has 1 amide bonds. The summed E-state index contributed by atoms with van der Waals surface area (Å²) in [4.78, 5) is 30.6. The molecule has 0 saturated carbocycles. The van der Waals surface area contributed by atoms with Crippen LogP contribution in [0.25, 0.3) is 0 Å². The fourth-order valence-corrected chi connectivity index (χ4v) is 6.50. The van der Waals surface area contributed by atoms with Gasteiger partial charge in [-0.15, -0.1) is 0 Å². The van der Waals surface area contributed by atoms with Crippen LogP contribution in [0.15, 0.2) is 78.9 Å². The van der Waals surface area contributed by atoms with E-state index in [1.807, 2.05) is 66.7 Å². The van der Waals surface area contributed by atoms with E-state index in [2.05, 4.69) is 22.3 Å². The van der Waals surface area contributed by atoms with Gasteiger partial charge in [0.15, 0.2) is 5.78 Å². The Morgan fingerprint density at radius 1 is 1.03 bits per heavy atom. The third-order valence-corrected chi connectivity index (χ3v) is 7.73. The van der Waals surface area contributed by atoms with Crippen molar-refractivity contribution in [2.24, 2.45) is 5.92 Å². The van der Waals surface area contributed by atoms with Gasteiger partial charge in [0.25, 0.3) is 0 Å². The van der Waals surface area contributed by atoms with Crippen LogP contribution in [0.3, 0.4) is 0 Å². The number of nitrogens with one attached hydrogen (secondary N) is 1. The van der Waals surface area contributed by atoms with Crippen molar-refractivity contribution < 1.29 is 14.3 Å². The van der Waals surface area contributed by atoms with Gasteiger partial charge in [-0.05, 0) is 43.1 Å². The lowest BCUT2D eigenvalue weighted by atomic mass is 9.69. The highest BCUT2D eigenvalue weighted by atomic mass is 16.5. The SMILES string of the molecule is COc1ccc2c(c1)[C@]1(C(=O)N2)[C@H](C(=O)c2ccccc2)[C@H](c2ccccc2)[C@H]2CCCN21. The number of ether oxygens (including phenoxy) is 1. The van der Waals surface area contributed by atoms with Crippen LogP contribution in [0.1, 0.15) is 40.2 Å². The number of carbonyl (C=O) groups is 2. The van der Waals surface area contributed by atoms with Crippen LogP contribution in [0.2, 0.25) is 0 Å². The smallest absolute Gasteiger partial charge is 0.250 e. The van der Waals surface area contributed by atoms with Gasteiger partial charge in [0.2, 0.25) is 5.91 Å². The number of amides is 1. The van der Waals surface area contributed by atoms with Gasteiger partial charge in [-0.3, -0.25) is 14.5 Å². The van der Waals surface area contributed by atoms with E-state index in [0.29, 0.717) is 11.3 Å².